The number of anilines is 1. The van der Waals surface area contributed by atoms with E-state index in [-0.39, 0.29) is 46.0 Å². The molecule has 192 valence electrons. The Morgan fingerprint density at radius 2 is 2.03 bits per heavy atom. The topological polar surface area (TPSA) is 108 Å². The number of pyridine rings is 1. The summed E-state index contributed by atoms with van der Waals surface area (Å²) in [7, 11) is 2.81. The molecule has 1 amide bonds. The highest BCUT2D eigenvalue weighted by molar-refractivity contribution is 6.33. The van der Waals surface area contributed by atoms with E-state index in [0.717, 1.165) is 0 Å². The van der Waals surface area contributed by atoms with Gasteiger partial charge in [0.1, 0.15) is 17.1 Å². The number of nitrogens with zero attached hydrogens (tertiary/aromatic N) is 2. The van der Waals surface area contributed by atoms with Crippen molar-refractivity contribution in [2.75, 3.05) is 32.8 Å². The zero-order valence-electron chi connectivity index (χ0n) is 20.5. The second-order valence-electron chi connectivity index (χ2n) is 8.90. The molecule has 1 aliphatic heterocycles. The second-order valence-corrected chi connectivity index (χ2v) is 9.28. The minimum absolute atomic E-state index is 0.00334. The largest absolute Gasteiger partial charge is 0.495 e. The third-order valence-electron chi connectivity index (χ3n) is 6.21. The van der Waals surface area contributed by atoms with Crippen LogP contribution >= 0.6 is 11.6 Å². The highest BCUT2D eigenvalue weighted by Gasteiger charge is 2.37. The summed E-state index contributed by atoms with van der Waals surface area (Å²) in [5.41, 5.74) is 0.00236. The molecule has 3 aromatic rings. The van der Waals surface area contributed by atoms with E-state index in [4.69, 9.17) is 30.2 Å². The van der Waals surface area contributed by atoms with Crippen LogP contribution < -0.4 is 20.1 Å². The lowest BCUT2D eigenvalue weighted by molar-refractivity contribution is -0.117. The zero-order valence-corrected chi connectivity index (χ0v) is 21.2. The number of hydrogen-bond donors (Lipinski definition) is 2. The van der Waals surface area contributed by atoms with Crippen LogP contribution in [0.4, 0.5) is 10.2 Å². The number of rotatable bonds is 8. The van der Waals surface area contributed by atoms with Crippen LogP contribution in [0.15, 0.2) is 35.4 Å². The van der Waals surface area contributed by atoms with E-state index in [1.165, 1.54) is 32.6 Å². The molecule has 0 saturated carbocycles. The molecular weight excluding hydrogens is 491 g/mol. The predicted octanol–water partition coefficient (Wildman–Crippen LogP) is 4.23. The van der Waals surface area contributed by atoms with Crippen LogP contribution in [0.25, 0.3) is 11.1 Å². The van der Waals surface area contributed by atoms with E-state index in [9.17, 15) is 4.79 Å². The molecule has 36 heavy (non-hydrogen) atoms. The number of fused-ring (bicyclic) bond motifs is 1. The molecule has 11 heteroatoms. The lowest BCUT2D eigenvalue weighted by Crippen LogP contribution is -2.52. The summed E-state index contributed by atoms with van der Waals surface area (Å²) in [5, 5.41) is 6.32. The van der Waals surface area contributed by atoms with Crippen molar-refractivity contribution in [2.45, 2.75) is 37.8 Å². The molecule has 1 aromatic carbocycles. The van der Waals surface area contributed by atoms with E-state index in [1.54, 1.807) is 19.9 Å². The maximum atomic E-state index is 15.4. The van der Waals surface area contributed by atoms with Crippen LogP contribution in [-0.4, -0.2) is 55.4 Å². The van der Waals surface area contributed by atoms with Crippen LogP contribution in [-0.2, 0) is 14.9 Å². The first-order chi connectivity index (χ1) is 17.2. The van der Waals surface area contributed by atoms with Crippen molar-refractivity contribution in [3.63, 3.8) is 0 Å². The van der Waals surface area contributed by atoms with E-state index in [0.29, 0.717) is 36.6 Å². The quantitative estimate of drug-likeness (QED) is 0.427. The second kappa shape index (κ2) is 10.3. The minimum Gasteiger partial charge on any atom is -0.495 e. The number of amides is 1. The van der Waals surface area contributed by atoms with Gasteiger partial charge in [-0.05, 0) is 26.3 Å². The number of methoxy groups -OCH3 is 2. The van der Waals surface area contributed by atoms with E-state index in [1.807, 2.05) is 0 Å². The number of hydrogen-bond acceptors (Lipinski definition) is 8. The number of carbonyl (C=O) groups is 1. The third-order valence-corrected chi connectivity index (χ3v) is 6.59. The van der Waals surface area contributed by atoms with Crippen LogP contribution in [0, 0.1) is 5.82 Å². The van der Waals surface area contributed by atoms with Crippen molar-refractivity contribution < 1.29 is 27.8 Å². The molecule has 2 aromatic heterocycles. The third kappa shape index (κ3) is 4.83. The van der Waals surface area contributed by atoms with Crippen molar-refractivity contribution >= 4 is 34.4 Å². The van der Waals surface area contributed by atoms with Gasteiger partial charge in [0.2, 0.25) is 11.8 Å². The molecule has 1 saturated heterocycles. The van der Waals surface area contributed by atoms with E-state index < -0.39 is 11.2 Å². The maximum Gasteiger partial charge on any atom is 0.243 e. The number of nitrogens with one attached hydrogen (secondary N) is 2. The molecular formula is C25H28ClFN4O5. The fourth-order valence-electron chi connectivity index (χ4n) is 4.21. The molecule has 1 aliphatic rings. The van der Waals surface area contributed by atoms with Gasteiger partial charge in [0.05, 0.1) is 49.5 Å². The first kappa shape index (κ1) is 25.7. The number of oxazole rings is 1. The van der Waals surface area contributed by atoms with Crippen LogP contribution in [0.3, 0.4) is 0 Å². The van der Waals surface area contributed by atoms with Gasteiger partial charge in [0.15, 0.2) is 17.1 Å². The summed E-state index contributed by atoms with van der Waals surface area (Å²) in [5.74, 6) is 0.165. The fourth-order valence-corrected chi connectivity index (χ4v) is 4.66. The first-order valence-electron chi connectivity index (χ1n) is 11.3. The predicted molar refractivity (Wildman–Crippen MR) is 133 cm³/mol. The summed E-state index contributed by atoms with van der Waals surface area (Å²) in [6, 6.07) is 2.77. The summed E-state index contributed by atoms with van der Waals surface area (Å²) in [6.45, 7) is 7.94. The summed E-state index contributed by atoms with van der Waals surface area (Å²) in [6.07, 6.45) is 3.43. The molecule has 2 unspecified atom stereocenters. The van der Waals surface area contributed by atoms with Crippen LogP contribution in [0.5, 0.6) is 11.5 Å². The van der Waals surface area contributed by atoms with Gasteiger partial charge in [0, 0.05) is 24.3 Å². The Hall–Kier alpha value is -3.37. The molecule has 3 heterocycles. The average Bonchev–Trinajstić information content (AvgIpc) is 3.30. The number of benzene rings is 1. The summed E-state index contributed by atoms with van der Waals surface area (Å²) >= 11 is 6.51. The molecule has 0 aliphatic carbocycles. The molecule has 1 fully saturated rings. The highest BCUT2D eigenvalue weighted by Crippen LogP contribution is 2.45. The van der Waals surface area contributed by atoms with Gasteiger partial charge in [-0.3, -0.25) is 4.79 Å². The van der Waals surface area contributed by atoms with E-state index in [2.05, 4.69) is 27.2 Å². The summed E-state index contributed by atoms with van der Waals surface area (Å²) < 4.78 is 37.4. The monoisotopic (exact) mass is 518 g/mol. The maximum absolute atomic E-state index is 15.4. The molecule has 0 bridgehead atoms. The smallest absolute Gasteiger partial charge is 0.243 e. The fraction of sp³-hybridized carbons (Fsp3) is 0.400. The van der Waals surface area contributed by atoms with Gasteiger partial charge in [0.25, 0.3) is 0 Å². The number of carbonyl (C=O) groups excluding carboxylic acids is 1. The lowest BCUT2D eigenvalue weighted by Gasteiger charge is -2.32. The van der Waals surface area contributed by atoms with Crippen molar-refractivity contribution in [3.8, 4) is 11.5 Å². The number of halogens is 2. The molecule has 2 N–H and O–H groups in total. The van der Waals surface area contributed by atoms with Gasteiger partial charge in [-0.2, -0.15) is 0 Å². The Morgan fingerprint density at radius 3 is 2.72 bits per heavy atom. The molecule has 2 atom stereocenters. The SMILES string of the molecule is C=CC(=O)NC1CCOCC1Nc1cc2nc(C(C)(C)c3c(F)c(OC)cc(OC)c3Cl)oc2cn1. The Balaban J connectivity index is 1.66. The lowest BCUT2D eigenvalue weighted by atomic mass is 9.83. The Labute approximate surface area is 213 Å². The molecule has 9 nitrogen and oxygen atoms in total. The van der Waals surface area contributed by atoms with Gasteiger partial charge in [-0.1, -0.05) is 18.2 Å². The Morgan fingerprint density at radius 1 is 1.28 bits per heavy atom. The van der Waals surface area contributed by atoms with Crippen LogP contribution in [0.2, 0.25) is 5.02 Å². The molecule has 0 spiro atoms. The first-order valence-corrected chi connectivity index (χ1v) is 11.7. The molecule has 0 radical (unpaired) electrons. The standard InChI is InChI=1S/C25H28ClFN4O5/c1-6-20(32)30-13-7-8-35-12-15(13)29-19-9-14-18(11-28-19)36-24(31-14)25(2,3)21-22(26)16(33-4)10-17(34-5)23(21)27/h6,9-11,13,15H,1,7-8,12H2,2-5H3,(H,28,29)(H,30,32). The normalized spacial score (nSPS) is 18.1. The van der Waals surface area contributed by atoms with Gasteiger partial charge in [-0.15, -0.1) is 0 Å². The zero-order chi connectivity index (χ0) is 26.0. The van der Waals surface area contributed by atoms with Crippen molar-refractivity contribution in [1.29, 1.82) is 0 Å². The number of ether oxygens (including phenoxy) is 3. The van der Waals surface area contributed by atoms with Crippen molar-refractivity contribution in [3.05, 3.63) is 53.3 Å². The van der Waals surface area contributed by atoms with Crippen molar-refractivity contribution in [1.82, 2.24) is 15.3 Å². The highest BCUT2D eigenvalue weighted by atomic mass is 35.5. The average molecular weight is 519 g/mol. The van der Waals surface area contributed by atoms with Gasteiger partial charge >= 0.3 is 0 Å². The Kier molecular flexibility index (Phi) is 7.37. The minimum atomic E-state index is -1.08. The van der Waals surface area contributed by atoms with Gasteiger partial charge < -0.3 is 29.3 Å². The summed E-state index contributed by atoms with van der Waals surface area (Å²) in [4.78, 5) is 20.8. The van der Waals surface area contributed by atoms with Gasteiger partial charge in [-0.25, -0.2) is 14.4 Å². The number of aromatic nitrogens is 2. The van der Waals surface area contributed by atoms with Crippen molar-refractivity contribution in [2.24, 2.45) is 0 Å². The molecule has 4 rings (SSSR count). The van der Waals surface area contributed by atoms with Crippen LogP contribution in [0.1, 0.15) is 31.7 Å². The Bertz CT molecular complexity index is 1270. The van der Waals surface area contributed by atoms with E-state index >= 15 is 4.39 Å².